The summed E-state index contributed by atoms with van der Waals surface area (Å²) >= 11 is 0. The second kappa shape index (κ2) is 3.17. The summed E-state index contributed by atoms with van der Waals surface area (Å²) in [6.45, 7) is 1.82. The van der Waals surface area contributed by atoms with Crippen LogP contribution in [0.1, 0.15) is 12.5 Å². The zero-order chi connectivity index (χ0) is 9.14. The van der Waals surface area contributed by atoms with Crippen LogP contribution in [0.4, 0.5) is 0 Å². The number of rotatable bonds is 1. The number of phenols is 3. The minimum Gasteiger partial charge on any atom is -0.504 e. The van der Waals surface area contributed by atoms with E-state index in [1.165, 1.54) is 12.1 Å². The van der Waals surface area contributed by atoms with E-state index in [-0.39, 0.29) is 11.5 Å². The van der Waals surface area contributed by atoms with Gasteiger partial charge in [0, 0.05) is 0 Å². The molecule has 1 aromatic rings. The van der Waals surface area contributed by atoms with Crippen LogP contribution in [0.15, 0.2) is 18.2 Å². The summed E-state index contributed by atoms with van der Waals surface area (Å²) < 4.78 is 0. The van der Waals surface area contributed by atoms with Gasteiger partial charge in [0.05, 0.1) is 0 Å². The van der Waals surface area contributed by atoms with E-state index in [2.05, 4.69) is 0 Å². The van der Waals surface area contributed by atoms with Crippen LogP contribution in [0.2, 0.25) is 0 Å². The molecule has 12 heavy (non-hydrogen) atoms. The Kier molecular flexibility index (Phi) is 2.24. The number of hydrogen-bond donors (Lipinski definition) is 3. The van der Waals surface area contributed by atoms with Crippen molar-refractivity contribution in [2.75, 3.05) is 0 Å². The molecule has 0 fully saturated rings. The Morgan fingerprint density at radius 3 is 2.00 bits per heavy atom. The van der Waals surface area contributed by atoms with E-state index in [9.17, 15) is 0 Å². The van der Waals surface area contributed by atoms with E-state index in [1.807, 2.05) is 6.92 Å². The molecule has 1 rings (SSSR count). The molecule has 0 heterocycles. The Morgan fingerprint density at radius 1 is 1.08 bits per heavy atom. The summed E-state index contributed by atoms with van der Waals surface area (Å²) in [5.41, 5.74) is 0.644. The first-order valence-corrected chi connectivity index (χ1v) is 3.52. The molecular weight excluding hydrogens is 156 g/mol. The maximum atomic E-state index is 9.06. The van der Waals surface area contributed by atoms with Crippen molar-refractivity contribution in [1.29, 1.82) is 0 Å². The molecule has 3 heteroatoms. The van der Waals surface area contributed by atoms with Gasteiger partial charge >= 0.3 is 0 Å². The largest absolute Gasteiger partial charge is 0.504 e. The summed E-state index contributed by atoms with van der Waals surface area (Å²) in [6, 6.07) is 2.74. The SMILES string of the molecule is C/C=C/c1cc(O)c(O)c(O)c1. The highest BCUT2D eigenvalue weighted by molar-refractivity contribution is 5.60. The minimum absolute atomic E-state index is 0.317. The van der Waals surface area contributed by atoms with Gasteiger partial charge in [-0.2, -0.15) is 0 Å². The number of aromatic hydroxyl groups is 3. The normalized spacial score (nSPS) is 10.8. The molecule has 1 aromatic carbocycles. The van der Waals surface area contributed by atoms with Crippen molar-refractivity contribution in [3.63, 3.8) is 0 Å². The molecule has 0 radical (unpaired) electrons. The van der Waals surface area contributed by atoms with Crippen LogP contribution in [0.3, 0.4) is 0 Å². The highest BCUT2D eigenvalue weighted by Gasteiger charge is 2.05. The molecule has 0 aliphatic carbocycles. The van der Waals surface area contributed by atoms with Crippen LogP contribution in [0.25, 0.3) is 6.08 Å². The average Bonchev–Trinajstić information content (AvgIpc) is 2.01. The van der Waals surface area contributed by atoms with Gasteiger partial charge in [-0.1, -0.05) is 12.2 Å². The lowest BCUT2D eigenvalue weighted by Gasteiger charge is -2.01. The van der Waals surface area contributed by atoms with Crippen LogP contribution in [0.5, 0.6) is 17.2 Å². The fourth-order valence-electron chi connectivity index (χ4n) is 0.914. The number of allylic oxidation sites excluding steroid dienone is 1. The van der Waals surface area contributed by atoms with Crippen molar-refractivity contribution >= 4 is 6.08 Å². The van der Waals surface area contributed by atoms with Crippen molar-refractivity contribution < 1.29 is 15.3 Å². The monoisotopic (exact) mass is 166 g/mol. The maximum absolute atomic E-state index is 9.06. The van der Waals surface area contributed by atoms with E-state index in [1.54, 1.807) is 12.2 Å². The summed E-state index contributed by atoms with van der Waals surface area (Å²) in [7, 11) is 0. The van der Waals surface area contributed by atoms with Crippen molar-refractivity contribution in [3.05, 3.63) is 23.8 Å². The molecule has 0 bridgehead atoms. The van der Waals surface area contributed by atoms with Gasteiger partial charge in [-0.25, -0.2) is 0 Å². The third-order valence-electron chi connectivity index (χ3n) is 1.45. The quantitative estimate of drug-likeness (QED) is 0.558. The van der Waals surface area contributed by atoms with Crippen molar-refractivity contribution in [2.45, 2.75) is 6.92 Å². The summed E-state index contributed by atoms with van der Waals surface area (Å²) in [5.74, 6) is -1.12. The minimum atomic E-state index is -0.483. The van der Waals surface area contributed by atoms with Crippen LogP contribution >= 0.6 is 0 Å². The molecule has 3 nitrogen and oxygen atoms in total. The Balaban J connectivity index is 3.21. The number of benzene rings is 1. The first kappa shape index (κ1) is 8.46. The van der Waals surface area contributed by atoms with E-state index < -0.39 is 5.75 Å². The fourth-order valence-corrected chi connectivity index (χ4v) is 0.914. The van der Waals surface area contributed by atoms with E-state index in [0.717, 1.165) is 0 Å². The zero-order valence-electron chi connectivity index (χ0n) is 6.65. The molecule has 0 spiro atoms. The Hall–Kier alpha value is -1.64. The van der Waals surface area contributed by atoms with Crippen LogP contribution in [-0.4, -0.2) is 15.3 Å². The lowest BCUT2D eigenvalue weighted by molar-refractivity contribution is 0.368. The molecule has 0 amide bonds. The highest BCUT2D eigenvalue weighted by atomic mass is 16.3. The average molecular weight is 166 g/mol. The van der Waals surface area contributed by atoms with E-state index >= 15 is 0 Å². The van der Waals surface area contributed by atoms with Gasteiger partial charge in [0.1, 0.15) is 0 Å². The maximum Gasteiger partial charge on any atom is 0.200 e. The van der Waals surface area contributed by atoms with Crippen LogP contribution < -0.4 is 0 Å². The molecule has 3 N–H and O–H groups in total. The molecule has 0 aromatic heterocycles. The Labute approximate surface area is 70.2 Å². The lowest BCUT2D eigenvalue weighted by Crippen LogP contribution is -1.75. The topological polar surface area (TPSA) is 60.7 Å². The van der Waals surface area contributed by atoms with Gasteiger partial charge in [-0.3, -0.25) is 0 Å². The first-order chi connectivity index (χ1) is 5.65. The second-order valence-electron chi connectivity index (χ2n) is 2.41. The standard InChI is InChI=1S/C9H10O3/c1-2-3-6-4-7(10)9(12)8(11)5-6/h2-5,10-12H,1H3/b3-2+. The van der Waals surface area contributed by atoms with Crippen LogP contribution in [0, 0.1) is 0 Å². The van der Waals surface area contributed by atoms with Crippen LogP contribution in [-0.2, 0) is 0 Å². The number of phenolic OH excluding ortho intramolecular Hbond substituents is 3. The Morgan fingerprint density at radius 2 is 1.58 bits per heavy atom. The molecule has 0 unspecified atom stereocenters. The first-order valence-electron chi connectivity index (χ1n) is 3.52. The van der Waals surface area contributed by atoms with Gasteiger partial charge in [0.15, 0.2) is 17.2 Å². The molecule has 0 aliphatic rings. The predicted octanol–water partition coefficient (Wildman–Crippen LogP) is 1.84. The fraction of sp³-hybridized carbons (Fsp3) is 0.111. The summed E-state index contributed by atoms with van der Waals surface area (Å²) in [4.78, 5) is 0. The van der Waals surface area contributed by atoms with Gasteiger partial charge in [0.25, 0.3) is 0 Å². The third kappa shape index (κ3) is 1.50. The van der Waals surface area contributed by atoms with Crippen molar-refractivity contribution in [3.8, 4) is 17.2 Å². The van der Waals surface area contributed by atoms with Gasteiger partial charge in [0.2, 0.25) is 0 Å². The summed E-state index contributed by atoms with van der Waals surface area (Å²) in [5, 5.41) is 27.1. The molecule has 0 saturated carbocycles. The van der Waals surface area contributed by atoms with Crippen molar-refractivity contribution in [1.82, 2.24) is 0 Å². The van der Waals surface area contributed by atoms with E-state index in [0.29, 0.717) is 5.56 Å². The molecule has 0 aliphatic heterocycles. The van der Waals surface area contributed by atoms with Crippen molar-refractivity contribution in [2.24, 2.45) is 0 Å². The molecular formula is C9H10O3. The zero-order valence-corrected chi connectivity index (χ0v) is 6.65. The predicted molar refractivity (Wildman–Crippen MR) is 46.1 cm³/mol. The van der Waals surface area contributed by atoms with Gasteiger partial charge < -0.3 is 15.3 Å². The smallest absolute Gasteiger partial charge is 0.200 e. The Bertz CT molecular complexity index is 293. The summed E-state index contributed by atoms with van der Waals surface area (Å²) in [6.07, 6.45) is 3.48. The van der Waals surface area contributed by atoms with E-state index in [4.69, 9.17) is 15.3 Å². The molecule has 0 saturated heterocycles. The number of hydrogen-bond acceptors (Lipinski definition) is 3. The van der Waals surface area contributed by atoms with Gasteiger partial charge in [-0.05, 0) is 24.6 Å². The second-order valence-corrected chi connectivity index (χ2v) is 2.41. The third-order valence-corrected chi connectivity index (χ3v) is 1.45. The highest BCUT2D eigenvalue weighted by Crippen LogP contribution is 2.35. The van der Waals surface area contributed by atoms with Gasteiger partial charge in [-0.15, -0.1) is 0 Å². The molecule has 64 valence electrons. The lowest BCUT2D eigenvalue weighted by atomic mass is 10.2. The molecule has 0 atom stereocenters.